The molecule has 8 heteroatoms. The number of amides is 2. The highest BCUT2D eigenvalue weighted by Crippen LogP contribution is 2.26. The van der Waals surface area contributed by atoms with E-state index < -0.39 is 17.9 Å². The van der Waals surface area contributed by atoms with E-state index >= 15 is 0 Å². The zero-order valence-electron chi connectivity index (χ0n) is 21.6. The fourth-order valence-electron chi connectivity index (χ4n) is 4.31. The number of aliphatic carboxylic acids is 1. The summed E-state index contributed by atoms with van der Waals surface area (Å²) >= 11 is 0. The molecule has 0 saturated carbocycles. The number of rotatable bonds is 13. The van der Waals surface area contributed by atoms with Crippen LogP contribution in [0.15, 0.2) is 91.1 Å². The number of nitrogens with zero attached hydrogens (tertiary/aromatic N) is 1. The second-order valence-electron chi connectivity index (χ2n) is 9.28. The molecule has 1 heterocycles. The lowest BCUT2D eigenvalue weighted by Crippen LogP contribution is -2.39. The number of fused-ring (bicyclic) bond motifs is 1. The lowest BCUT2D eigenvalue weighted by Gasteiger charge is -2.18. The Labute approximate surface area is 227 Å². The van der Waals surface area contributed by atoms with Gasteiger partial charge < -0.3 is 21.1 Å². The van der Waals surface area contributed by atoms with Gasteiger partial charge in [0.2, 0.25) is 11.8 Å². The van der Waals surface area contributed by atoms with Gasteiger partial charge in [0.1, 0.15) is 5.82 Å². The molecule has 0 spiro atoms. The van der Waals surface area contributed by atoms with Crippen LogP contribution >= 0.6 is 0 Å². The molecule has 0 aliphatic carbocycles. The first kappa shape index (κ1) is 27.3. The van der Waals surface area contributed by atoms with E-state index in [1.807, 2.05) is 60.7 Å². The molecule has 1 atom stereocenters. The minimum atomic E-state index is -1.03. The molecule has 0 aliphatic rings. The Bertz CT molecular complexity index is 1410. The van der Waals surface area contributed by atoms with E-state index in [0.717, 1.165) is 34.1 Å². The van der Waals surface area contributed by atoms with Crippen molar-refractivity contribution in [3.05, 3.63) is 96.7 Å². The molecule has 0 bridgehead atoms. The van der Waals surface area contributed by atoms with Crippen molar-refractivity contribution < 1.29 is 19.5 Å². The van der Waals surface area contributed by atoms with Crippen LogP contribution in [0.4, 0.5) is 5.82 Å². The number of benzene rings is 3. The van der Waals surface area contributed by atoms with Crippen molar-refractivity contribution in [1.29, 1.82) is 0 Å². The topological polar surface area (TPSA) is 120 Å². The fraction of sp³-hybridized carbons (Fsp3) is 0.226. The summed E-state index contributed by atoms with van der Waals surface area (Å²) in [5.41, 5.74) is 2.73. The smallest absolute Gasteiger partial charge is 0.305 e. The predicted octanol–water partition coefficient (Wildman–Crippen LogP) is 4.93. The van der Waals surface area contributed by atoms with E-state index in [-0.39, 0.29) is 18.9 Å². The summed E-state index contributed by atoms with van der Waals surface area (Å²) < 4.78 is 0. The van der Waals surface area contributed by atoms with E-state index in [1.54, 1.807) is 6.20 Å². The number of carboxylic acids is 1. The molecule has 4 aromatic rings. The average Bonchev–Trinajstić information content (AvgIpc) is 2.96. The number of hydrogen-bond acceptors (Lipinski definition) is 5. The zero-order chi connectivity index (χ0) is 27.5. The monoisotopic (exact) mass is 524 g/mol. The molecule has 4 rings (SSSR count). The molecule has 0 aliphatic heterocycles. The standard InChI is InChI=1S/C31H32N4O4/c36-29(10-4-6-18-33-28-9-3-5-17-32-28)34-21-30(37)35-27(20-31(38)39)24-14-11-23(12-15-24)26-16-13-22-7-1-2-8-25(22)19-26/h1-3,5,7-9,11-17,19,27H,4,6,10,18,20-21H2,(H,32,33)(H,34,36)(H,35,37)(H,38,39). The zero-order valence-corrected chi connectivity index (χ0v) is 21.6. The molecule has 0 fully saturated rings. The van der Waals surface area contributed by atoms with Gasteiger partial charge in [-0.1, -0.05) is 66.7 Å². The maximum atomic E-state index is 12.5. The van der Waals surface area contributed by atoms with Crippen molar-refractivity contribution in [2.75, 3.05) is 18.4 Å². The van der Waals surface area contributed by atoms with Gasteiger partial charge >= 0.3 is 5.97 Å². The molecule has 0 saturated heterocycles. The van der Waals surface area contributed by atoms with E-state index in [0.29, 0.717) is 24.9 Å². The first-order valence-electron chi connectivity index (χ1n) is 13.0. The second-order valence-corrected chi connectivity index (χ2v) is 9.28. The molecule has 4 N–H and O–H groups in total. The highest BCUT2D eigenvalue weighted by Gasteiger charge is 2.18. The molecule has 0 radical (unpaired) electrons. The first-order chi connectivity index (χ1) is 19.0. The van der Waals surface area contributed by atoms with Crippen LogP contribution in [0.5, 0.6) is 0 Å². The number of carboxylic acid groups (broad SMARTS) is 1. The van der Waals surface area contributed by atoms with Crippen molar-refractivity contribution in [3.63, 3.8) is 0 Å². The number of nitrogens with one attached hydrogen (secondary N) is 3. The lowest BCUT2D eigenvalue weighted by atomic mass is 9.97. The summed E-state index contributed by atoms with van der Waals surface area (Å²) in [5, 5.41) is 20.2. The Morgan fingerprint density at radius 2 is 1.54 bits per heavy atom. The quantitative estimate of drug-likeness (QED) is 0.184. The van der Waals surface area contributed by atoms with Gasteiger partial charge in [0.05, 0.1) is 19.0 Å². The average molecular weight is 525 g/mol. The van der Waals surface area contributed by atoms with E-state index in [1.165, 1.54) is 0 Å². The number of anilines is 1. The Hall–Kier alpha value is -4.72. The minimum absolute atomic E-state index is 0.212. The molecule has 3 aromatic carbocycles. The van der Waals surface area contributed by atoms with Gasteiger partial charge in [-0.25, -0.2) is 4.98 Å². The van der Waals surface area contributed by atoms with E-state index in [2.05, 4.69) is 45.2 Å². The van der Waals surface area contributed by atoms with Gasteiger partial charge in [-0.3, -0.25) is 14.4 Å². The van der Waals surface area contributed by atoms with Gasteiger partial charge in [0.25, 0.3) is 0 Å². The Kier molecular flexibility index (Phi) is 9.61. The molecule has 39 heavy (non-hydrogen) atoms. The first-order valence-corrected chi connectivity index (χ1v) is 13.0. The summed E-state index contributed by atoms with van der Waals surface area (Å²) in [6.45, 7) is 0.484. The van der Waals surface area contributed by atoms with Gasteiger partial charge in [0, 0.05) is 19.2 Å². The summed E-state index contributed by atoms with van der Waals surface area (Å²) in [6.07, 6.45) is 3.19. The van der Waals surface area contributed by atoms with E-state index in [9.17, 15) is 19.5 Å². The molecule has 1 aromatic heterocycles. The van der Waals surface area contributed by atoms with Gasteiger partial charge in [-0.05, 0) is 58.5 Å². The van der Waals surface area contributed by atoms with Crippen LogP contribution in [-0.2, 0) is 14.4 Å². The summed E-state index contributed by atoms with van der Waals surface area (Å²) in [7, 11) is 0. The van der Waals surface area contributed by atoms with Crippen molar-refractivity contribution in [1.82, 2.24) is 15.6 Å². The SMILES string of the molecule is O=C(O)CC(NC(=O)CNC(=O)CCCCNc1ccccn1)c1ccc(-c2ccc3ccccc3c2)cc1. The largest absolute Gasteiger partial charge is 0.481 e. The second kappa shape index (κ2) is 13.7. The Morgan fingerprint density at radius 3 is 2.28 bits per heavy atom. The third-order valence-electron chi connectivity index (χ3n) is 6.36. The maximum Gasteiger partial charge on any atom is 0.305 e. The van der Waals surface area contributed by atoms with Crippen LogP contribution in [0.3, 0.4) is 0 Å². The molecule has 200 valence electrons. The Balaban J connectivity index is 1.25. The van der Waals surface area contributed by atoms with Crippen molar-refractivity contribution in [2.24, 2.45) is 0 Å². The van der Waals surface area contributed by atoms with Crippen molar-refractivity contribution >= 4 is 34.4 Å². The van der Waals surface area contributed by atoms with Crippen LogP contribution in [0.25, 0.3) is 21.9 Å². The maximum absolute atomic E-state index is 12.5. The summed E-state index contributed by atoms with van der Waals surface area (Å²) in [4.78, 5) is 40.3. The van der Waals surface area contributed by atoms with Crippen LogP contribution in [-0.4, -0.2) is 41.0 Å². The molecule has 2 amide bonds. The number of aromatic nitrogens is 1. The van der Waals surface area contributed by atoms with Crippen LogP contribution in [0, 0.1) is 0 Å². The predicted molar refractivity (Wildman–Crippen MR) is 152 cm³/mol. The van der Waals surface area contributed by atoms with Gasteiger partial charge in [-0.2, -0.15) is 0 Å². The fourth-order valence-corrected chi connectivity index (χ4v) is 4.31. The third-order valence-corrected chi connectivity index (χ3v) is 6.36. The molecular formula is C31H32N4O4. The number of carbonyl (C=O) groups excluding carboxylic acids is 2. The highest BCUT2D eigenvalue weighted by molar-refractivity contribution is 5.87. The number of unbranched alkanes of at least 4 members (excludes halogenated alkanes) is 1. The van der Waals surface area contributed by atoms with Crippen LogP contribution < -0.4 is 16.0 Å². The highest BCUT2D eigenvalue weighted by atomic mass is 16.4. The number of carbonyl (C=O) groups is 3. The van der Waals surface area contributed by atoms with Crippen LogP contribution in [0.2, 0.25) is 0 Å². The molecule has 8 nitrogen and oxygen atoms in total. The van der Waals surface area contributed by atoms with Gasteiger partial charge in [0.15, 0.2) is 0 Å². The Morgan fingerprint density at radius 1 is 0.795 bits per heavy atom. The van der Waals surface area contributed by atoms with Crippen molar-refractivity contribution in [3.8, 4) is 11.1 Å². The summed E-state index contributed by atoms with van der Waals surface area (Å²) in [6, 6.07) is 26.8. The minimum Gasteiger partial charge on any atom is -0.481 e. The third kappa shape index (κ3) is 8.39. The summed E-state index contributed by atoms with van der Waals surface area (Å²) in [5.74, 6) is -0.900. The molecular weight excluding hydrogens is 492 g/mol. The number of pyridine rings is 1. The van der Waals surface area contributed by atoms with Crippen LogP contribution in [0.1, 0.15) is 37.3 Å². The molecule has 1 unspecified atom stereocenters. The lowest BCUT2D eigenvalue weighted by molar-refractivity contribution is -0.138. The number of hydrogen-bond donors (Lipinski definition) is 4. The van der Waals surface area contributed by atoms with Gasteiger partial charge in [-0.15, -0.1) is 0 Å². The normalized spacial score (nSPS) is 11.5. The van der Waals surface area contributed by atoms with Crippen molar-refractivity contribution in [2.45, 2.75) is 31.7 Å². The van der Waals surface area contributed by atoms with E-state index in [4.69, 9.17) is 0 Å².